The summed E-state index contributed by atoms with van der Waals surface area (Å²) >= 11 is 0. The molecule has 1 aromatic carbocycles. The molecule has 0 bridgehead atoms. The molecule has 0 aliphatic heterocycles. The van der Waals surface area contributed by atoms with Crippen LogP contribution >= 0.6 is 0 Å². The Bertz CT molecular complexity index is 470. The van der Waals surface area contributed by atoms with Crippen LogP contribution in [0.25, 0.3) is 0 Å². The van der Waals surface area contributed by atoms with Crippen molar-refractivity contribution in [3.63, 3.8) is 0 Å². The Labute approximate surface area is 102 Å². The van der Waals surface area contributed by atoms with Crippen LogP contribution in [0.4, 0.5) is 13.2 Å². The first kappa shape index (κ1) is 14.9. The molecule has 0 amide bonds. The molecule has 0 saturated heterocycles. The summed E-state index contributed by atoms with van der Waals surface area (Å²) in [5.74, 6) is 0. The van der Waals surface area contributed by atoms with Gasteiger partial charge in [-0.25, -0.2) is 4.18 Å². The highest BCUT2D eigenvalue weighted by Crippen LogP contribution is 2.25. The van der Waals surface area contributed by atoms with Crippen LogP contribution in [0.3, 0.4) is 0 Å². The number of alkyl halides is 3. The van der Waals surface area contributed by atoms with Gasteiger partial charge >= 0.3 is 6.18 Å². The summed E-state index contributed by atoms with van der Waals surface area (Å²) in [5.41, 5.74) is 0.476. The van der Waals surface area contributed by atoms with Crippen LogP contribution in [-0.4, -0.2) is 27.1 Å². The molecule has 18 heavy (non-hydrogen) atoms. The Balaban J connectivity index is 2.69. The third kappa shape index (κ3) is 5.48. The second-order valence-electron chi connectivity index (χ2n) is 3.47. The number of benzene rings is 1. The van der Waals surface area contributed by atoms with Crippen molar-refractivity contribution >= 4 is 10.1 Å². The quantitative estimate of drug-likeness (QED) is 0.613. The number of hydrogen-bond donors (Lipinski definition) is 0. The molecular weight excluding hydrogens is 273 g/mol. The van der Waals surface area contributed by atoms with Crippen molar-refractivity contribution in [2.45, 2.75) is 19.1 Å². The molecule has 102 valence electrons. The predicted octanol–water partition coefficient (Wildman–Crippen LogP) is 2.07. The first-order valence-electron chi connectivity index (χ1n) is 4.79. The van der Waals surface area contributed by atoms with E-state index in [1.807, 2.05) is 0 Å². The molecule has 1 atom stereocenters. The number of ether oxygens (including phenoxy) is 1. The van der Waals surface area contributed by atoms with Crippen LogP contribution in [0.1, 0.15) is 5.56 Å². The summed E-state index contributed by atoms with van der Waals surface area (Å²) in [6.45, 7) is -0.402. The third-order valence-corrected chi connectivity index (χ3v) is 2.30. The molecule has 0 spiro atoms. The Morgan fingerprint density at radius 1 is 1.22 bits per heavy atom. The van der Waals surface area contributed by atoms with Gasteiger partial charge in [-0.15, -0.1) is 0 Å². The van der Waals surface area contributed by atoms with E-state index in [1.165, 1.54) is 0 Å². The van der Waals surface area contributed by atoms with Crippen LogP contribution in [0, 0.1) is 0 Å². The van der Waals surface area contributed by atoms with Gasteiger partial charge in [0.05, 0.1) is 12.9 Å². The zero-order chi connectivity index (χ0) is 13.8. The van der Waals surface area contributed by atoms with Gasteiger partial charge in [0.2, 0.25) is 0 Å². The van der Waals surface area contributed by atoms with E-state index < -0.39 is 29.2 Å². The predicted molar refractivity (Wildman–Crippen MR) is 57.0 cm³/mol. The van der Waals surface area contributed by atoms with Crippen LogP contribution < -0.4 is 0 Å². The van der Waals surface area contributed by atoms with E-state index in [9.17, 15) is 21.6 Å². The topological polar surface area (TPSA) is 52.6 Å². The molecule has 8 heteroatoms. The molecule has 1 aromatic rings. The lowest BCUT2D eigenvalue weighted by atomic mass is 10.2. The lowest BCUT2D eigenvalue weighted by Gasteiger charge is -2.19. The molecule has 0 heterocycles. The first-order valence-corrected chi connectivity index (χ1v) is 6.60. The van der Waals surface area contributed by atoms with Crippen molar-refractivity contribution in [2.75, 3.05) is 6.26 Å². The van der Waals surface area contributed by atoms with Crippen molar-refractivity contribution in [1.82, 2.24) is 0 Å². The van der Waals surface area contributed by atoms with Gasteiger partial charge in [-0.05, 0) is 5.56 Å². The number of halogens is 3. The summed E-state index contributed by atoms with van der Waals surface area (Å²) in [4.78, 5) is 0. The van der Waals surface area contributed by atoms with Crippen molar-refractivity contribution in [2.24, 2.45) is 0 Å². The molecular formula is C10H11F3O4S. The minimum absolute atomic E-state index is 0.402. The van der Waals surface area contributed by atoms with E-state index >= 15 is 0 Å². The normalized spacial score (nSPS) is 14.4. The second-order valence-corrected chi connectivity index (χ2v) is 5.07. The van der Waals surface area contributed by atoms with Crippen LogP contribution in [0.5, 0.6) is 0 Å². The monoisotopic (exact) mass is 284 g/mol. The second kappa shape index (κ2) is 5.68. The zero-order valence-electron chi connectivity index (χ0n) is 9.35. The summed E-state index contributed by atoms with van der Waals surface area (Å²) in [6, 6.07) is 8.04. The van der Waals surface area contributed by atoms with Gasteiger partial charge in [-0.1, -0.05) is 30.3 Å². The molecule has 0 aliphatic carbocycles. The van der Waals surface area contributed by atoms with Crippen LogP contribution in [-0.2, 0) is 25.6 Å². The highest BCUT2D eigenvalue weighted by Gasteiger charge is 2.44. The summed E-state index contributed by atoms with van der Waals surface area (Å²) in [5, 5.41) is 0. The molecule has 0 saturated carbocycles. The third-order valence-electron chi connectivity index (χ3n) is 1.77. The highest BCUT2D eigenvalue weighted by molar-refractivity contribution is 7.86. The maximum Gasteiger partial charge on any atom is 0.441 e. The Morgan fingerprint density at radius 3 is 2.22 bits per heavy atom. The van der Waals surface area contributed by atoms with Crippen LogP contribution in [0.2, 0.25) is 0 Å². The average Bonchev–Trinajstić information content (AvgIpc) is 2.22. The fraction of sp³-hybridized carbons (Fsp3) is 0.400. The summed E-state index contributed by atoms with van der Waals surface area (Å²) in [7, 11) is -4.26. The van der Waals surface area contributed by atoms with Gasteiger partial charge < -0.3 is 4.74 Å². The largest absolute Gasteiger partial charge is 0.441 e. The molecule has 0 aliphatic rings. The molecule has 0 unspecified atom stereocenters. The highest BCUT2D eigenvalue weighted by atomic mass is 32.2. The Morgan fingerprint density at radius 2 is 1.78 bits per heavy atom. The van der Waals surface area contributed by atoms with E-state index in [4.69, 9.17) is 0 Å². The smallest absolute Gasteiger partial charge is 0.339 e. The summed E-state index contributed by atoms with van der Waals surface area (Å²) < 4.78 is 67.0. The van der Waals surface area contributed by atoms with Crippen molar-refractivity contribution in [3.8, 4) is 0 Å². The Kier molecular flexibility index (Phi) is 4.71. The molecule has 0 fully saturated rings. The molecule has 0 aromatic heterocycles. The maximum absolute atomic E-state index is 12.4. The fourth-order valence-electron chi connectivity index (χ4n) is 1.08. The fourth-order valence-corrected chi connectivity index (χ4v) is 1.56. The Hall–Kier alpha value is -1.12. The molecule has 4 nitrogen and oxygen atoms in total. The van der Waals surface area contributed by atoms with E-state index in [0.717, 1.165) is 0 Å². The van der Waals surface area contributed by atoms with E-state index in [1.54, 1.807) is 30.3 Å². The van der Waals surface area contributed by atoms with E-state index in [0.29, 0.717) is 11.8 Å². The van der Waals surface area contributed by atoms with Gasteiger partial charge in [0.1, 0.15) is 0 Å². The minimum Gasteiger partial charge on any atom is -0.339 e. The van der Waals surface area contributed by atoms with Gasteiger partial charge in [-0.3, -0.25) is 0 Å². The van der Waals surface area contributed by atoms with Gasteiger partial charge in [0.25, 0.3) is 16.4 Å². The molecule has 0 radical (unpaired) electrons. The number of rotatable bonds is 5. The standard InChI is InChI=1S/C10H11F3O4S/c1-18(14,15)17-9(10(11,12)13)16-7-8-5-3-2-4-6-8/h2-6,9H,7H2,1H3/t9-/m0/s1. The average molecular weight is 284 g/mol. The van der Waals surface area contributed by atoms with Crippen molar-refractivity contribution < 1.29 is 30.5 Å². The maximum atomic E-state index is 12.4. The van der Waals surface area contributed by atoms with Crippen molar-refractivity contribution in [1.29, 1.82) is 0 Å². The van der Waals surface area contributed by atoms with Gasteiger partial charge in [0, 0.05) is 0 Å². The van der Waals surface area contributed by atoms with Crippen LogP contribution in [0.15, 0.2) is 30.3 Å². The lowest BCUT2D eigenvalue weighted by Crippen LogP contribution is -2.35. The zero-order valence-corrected chi connectivity index (χ0v) is 10.2. The van der Waals surface area contributed by atoms with Gasteiger partial charge in [0.15, 0.2) is 0 Å². The lowest BCUT2D eigenvalue weighted by molar-refractivity contribution is -0.284. The molecule has 1 rings (SSSR count). The van der Waals surface area contributed by atoms with E-state index in [-0.39, 0.29) is 0 Å². The molecule has 0 N–H and O–H groups in total. The number of hydrogen-bond acceptors (Lipinski definition) is 4. The summed E-state index contributed by atoms with van der Waals surface area (Å²) in [6.07, 6.45) is -7.19. The first-order chi connectivity index (χ1) is 8.18. The van der Waals surface area contributed by atoms with Crippen molar-refractivity contribution in [3.05, 3.63) is 35.9 Å². The minimum atomic E-state index is -4.92. The van der Waals surface area contributed by atoms with E-state index in [2.05, 4.69) is 8.92 Å². The van der Waals surface area contributed by atoms with Gasteiger partial charge in [-0.2, -0.15) is 21.6 Å². The SMILES string of the molecule is CS(=O)(=O)O[C@H](OCc1ccccc1)C(F)(F)F.